The molecule has 2 unspecified atom stereocenters. The first-order chi connectivity index (χ1) is 4.52. The summed E-state index contributed by atoms with van der Waals surface area (Å²) in [7, 11) is 0. The van der Waals surface area contributed by atoms with Crippen molar-refractivity contribution in [3.05, 3.63) is 0 Å². The van der Waals surface area contributed by atoms with Gasteiger partial charge in [-0.1, -0.05) is 6.92 Å². The van der Waals surface area contributed by atoms with Gasteiger partial charge >= 0.3 is 0 Å². The molecule has 2 atom stereocenters. The van der Waals surface area contributed by atoms with E-state index in [0.29, 0.717) is 11.6 Å². The lowest BCUT2D eigenvalue weighted by Gasteiger charge is -2.41. The predicted molar refractivity (Wildman–Crippen MR) is 45.1 cm³/mol. The van der Waals surface area contributed by atoms with Gasteiger partial charge in [0.05, 0.1) is 0 Å². The van der Waals surface area contributed by atoms with Crippen LogP contribution in [0.2, 0.25) is 0 Å². The minimum atomic E-state index is 0.359. The van der Waals surface area contributed by atoms with Crippen LogP contribution in [0.1, 0.15) is 40.5 Å². The highest BCUT2D eigenvalue weighted by Gasteiger charge is 2.30. The summed E-state index contributed by atoms with van der Waals surface area (Å²) in [6.45, 7) is 9.20. The summed E-state index contributed by atoms with van der Waals surface area (Å²) in [5, 5.41) is 3.61. The molecule has 1 heteroatoms. The Morgan fingerprint density at radius 3 is 2.20 bits per heavy atom. The number of rotatable bonds is 0. The fourth-order valence-electron chi connectivity index (χ4n) is 1.71. The molecule has 0 radical (unpaired) electrons. The van der Waals surface area contributed by atoms with Gasteiger partial charge in [0.25, 0.3) is 0 Å². The number of hydrogen-bond acceptors (Lipinski definition) is 1. The Morgan fingerprint density at radius 1 is 1.20 bits per heavy atom. The van der Waals surface area contributed by atoms with Crippen molar-refractivity contribution >= 4 is 0 Å². The van der Waals surface area contributed by atoms with Gasteiger partial charge in [-0.2, -0.15) is 0 Å². The van der Waals surface area contributed by atoms with Crippen molar-refractivity contribution in [3.63, 3.8) is 0 Å². The molecule has 10 heavy (non-hydrogen) atoms. The molecule has 1 N–H and O–H groups in total. The third-order valence-corrected chi connectivity index (χ3v) is 2.88. The Balaban J connectivity index is 2.55. The minimum absolute atomic E-state index is 0.359. The van der Waals surface area contributed by atoms with Crippen LogP contribution in [-0.2, 0) is 0 Å². The van der Waals surface area contributed by atoms with Gasteiger partial charge in [0.15, 0.2) is 0 Å². The van der Waals surface area contributed by atoms with Gasteiger partial charge < -0.3 is 5.32 Å². The second-order valence-electron chi connectivity index (χ2n) is 4.25. The summed E-state index contributed by atoms with van der Waals surface area (Å²) in [5.41, 5.74) is 0.359. The molecule has 1 fully saturated rings. The molecule has 1 heterocycles. The maximum atomic E-state index is 3.61. The van der Waals surface area contributed by atoms with Gasteiger partial charge in [-0.05, 0) is 39.5 Å². The quantitative estimate of drug-likeness (QED) is 0.545. The van der Waals surface area contributed by atoms with Crippen molar-refractivity contribution < 1.29 is 0 Å². The molecular formula is C9H19N. The van der Waals surface area contributed by atoms with Crippen molar-refractivity contribution in [2.75, 3.05) is 0 Å². The molecule has 0 aromatic carbocycles. The smallest absolute Gasteiger partial charge is 0.0153 e. The van der Waals surface area contributed by atoms with Gasteiger partial charge in [-0.25, -0.2) is 0 Å². The van der Waals surface area contributed by atoms with Crippen molar-refractivity contribution in [1.29, 1.82) is 0 Å². The van der Waals surface area contributed by atoms with Crippen LogP contribution in [0.25, 0.3) is 0 Å². The molecule has 1 nitrogen and oxygen atoms in total. The molecule has 0 spiro atoms. The molecule has 1 aliphatic rings. The molecule has 0 amide bonds. The second kappa shape index (κ2) is 2.54. The first kappa shape index (κ1) is 8.06. The number of nitrogens with one attached hydrogen (secondary N) is 1. The molecule has 60 valence electrons. The van der Waals surface area contributed by atoms with Crippen LogP contribution >= 0.6 is 0 Å². The van der Waals surface area contributed by atoms with E-state index in [1.807, 2.05) is 0 Å². The van der Waals surface area contributed by atoms with Gasteiger partial charge in [-0.15, -0.1) is 0 Å². The highest BCUT2D eigenvalue weighted by atomic mass is 15.0. The fourth-order valence-corrected chi connectivity index (χ4v) is 1.71. The summed E-state index contributed by atoms with van der Waals surface area (Å²) >= 11 is 0. The van der Waals surface area contributed by atoms with Crippen LogP contribution in [-0.4, -0.2) is 11.6 Å². The van der Waals surface area contributed by atoms with E-state index in [9.17, 15) is 0 Å². The molecule has 1 saturated heterocycles. The first-order valence-corrected chi connectivity index (χ1v) is 4.30. The average molecular weight is 141 g/mol. The zero-order valence-corrected chi connectivity index (χ0v) is 7.57. The Hall–Kier alpha value is -0.0400. The maximum Gasteiger partial charge on any atom is 0.0153 e. The highest BCUT2D eigenvalue weighted by molar-refractivity contribution is 4.90. The van der Waals surface area contributed by atoms with Gasteiger partial charge in [0.2, 0.25) is 0 Å². The standard InChI is InChI=1S/C9H19N/c1-7-5-6-8(2)10-9(7,3)4/h7-8,10H,5-6H2,1-4H3. The summed E-state index contributed by atoms with van der Waals surface area (Å²) in [5.74, 6) is 0.823. The van der Waals surface area contributed by atoms with E-state index in [-0.39, 0.29) is 0 Å². The van der Waals surface area contributed by atoms with Crippen LogP contribution in [0, 0.1) is 5.92 Å². The zero-order chi connectivity index (χ0) is 7.78. The lowest BCUT2D eigenvalue weighted by molar-refractivity contribution is 0.176. The molecule has 1 aliphatic heterocycles. The van der Waals surface area contributed by atoms with E-state index in [2.05, 4.69) is 33.0 Å². The van der Waals surface area contributed by atoms with E-state index >= 15 is 0 Å². The van der Waals surface area contributed by atoms with E-state index < -0.39 is 0 Å². The molecule has 1 rings (SSSR count). The predicted octanol–water partition coefficient (Wildman–Crippen LogP) is 2.17. The van der Waals surface area contributed by atoms with Crippen molar-refractivity contribution in [2.45, 2.75) is 52.1 Å². The van der Waals surface area contributed by atoms with Gasteiger partial charge in [0.1, 0.15) is 0 Å². The van der Waals surface area contributed by atoms with Gasteiger partial charge in [0, 0.05) is 11.6 Å². The largest absolute Gasteiger partial charge is 0.309 e. The van der Waals surface area contributed by atoms with E-state index in [0.717, 1.165) is 5.92 Å². The third-order valence-electron chi connectivity index (χ3n) is 2.88. The van der Waals surface area contributed by atoms with Crippen LogP contribution in [0.3, 0.4) is 0 Å². The Labute approximate surface area is 64.2 Å². The average Bonchev–Trinajstić information content (AvgIpc) is 1.78. The Morgan fingerprint density at radius 2 is 1.80 bits per heavy atom. The maximum absolute atomic E-state index is 3.61. The SMILES string of the molecule is CC1CCC(C)C(C)(C)N1. The summed E-state index contributed by atoms with van der Waals surface area (Å²) < 4.78 is 0. The third kappa shape index (κ3) is 1.51. The summed E-state index contributed by atoms with van der Waals surface area (Å²) in [6, 6.07) is 0.714. The zero-order valence-electron chi connectivity index (χ0n) is 7.57. The van der Waals surface area contributed by atoms with Crippen molar-refractivity contribution in [3.8, 4) is 0 Å². The first-order valence-electron chi connectivity index (χ1n) is 4.30. The monoisotopic (exact) mass is 141 g/mol. The van der Waals surface area contributed by atoms with E-state index in [1.54, 1.807) is 0 Å². The van der Waals surface area contributed by atoms with Crippen molar-refractivity contribution in [2.24, 2.45) is 5.92 Å². The lowest BCUT2D eigenvalue weighted by Crippen LogP contribution is -2.53. The number of piperidine rings is 1. The van der Waals surface area contributed by atoms with Gasteiger partial charge in [-0.3, -0.25) is 0 Å². The number of hydrogen-bond donors (Lipinski definition) is 1. The molecule has 0 aliphatic carbocycles. The molecular weight excluding hydrogens is 122 g/mol. The van der Waals surface area contributed by atoms with Crippen LogP contribution in [0.15, 0.2) is 0 Å². The molecule has 0 aromatic heterocycles. The van der Waals surface area contributed by atoms with E-state index in [4.69, 9.17) is 0 Å². The topological polar surface area (TPSA) is 12.0 Å². The fraction of sp³-hybridized carbons (Fsp3) is 1.00. The summed E-state index contributed by atoms with van der Waals surface area (Å²) in [4.78, 5) is 0. The molecule has 0 saturated carbocycles. The minimum Gasteiger partial charge on any atom is -0.309 e. The lowest BCUT2D eigenvalue weighted by atomic mass is 9.80. The Kier molecular flexibility index (Phi) is 2.04. The molecule has 0 bridgehead atoms. The van der Waals surface area contributed by atoms with Crippen LogP contribution in [0.5, 0.6) is 0 Å². The van der Waals surface area contributed by atoms with Crippen LogP contribution < -0.4 is 5.32 Å². The normalized spacial score (nSPS) is 39.6. The summed E-state index contributed by atoms with van der Waals surface area (Å²) in [6.07, 6.45) is 2.71. The Bertz CT molecular complexity index is 118. The second-order valence-corrected chi connectivity index (χ2v) is 4.25. The van der Waals surface area contributed by atoms with E-state index in [1.165, 1.54) is 12.8 Å². The van der Waals surface area contributed by atoms with Crippen molar-refractivity contribution in [1.82, 2.24) is 5.32 Å². The molecule has 0 aromatic rings. The highest BCUT2D eigenvalue weighted by Crippen LogP contribution is 2.27. The van der Waals surface area contributed by atoms with Crippen LogP contribution in [0.4, 0.5) is 0 Å².